The highest BCUT2D eigenvalue weighted by Crippen LogP contribution is 2.26. The summed E-state index contributed by atoms with van der Waals surface area (Å²) in [6.45, 7) is 1.43. The van der Waals surface area contributed by atoms with Crippen LogP contribution in [0.25, 0.3) is 6.08 Å². The molecule has 1 fully saturated rings. The molecule has 0 atom stereocenters. The zero-order valence-electron chi connectivity index (χ0n) is 10.5. The number of carbonyl (C=O) groups excluding carboxylic acids is 1. The van der Waals surface area contributed by atoms with Crippen molar-refractivity contribution in [2.45, 2.75) is 18.9 Å². The Morgan fingerprint density at radius 1 is 1.32 bits per heavy atom. The molecule has 2 N–H and O–H groups in total. The van der Waals surface area contributed by atoms with E-state index in [4.69, 9.17) is 28.9 Å². The van der Waals surface area contributed by atoms with E-state index in [1.165, 1.54) is 6.08 Å². The molecule has 0 spiro atoms. The van der Waals surface area contributed by atoms with Gasteiger partial charge in [0.2, 0.25) is 5.91 Å². The third kappa shape index (κ3) is 3.72. The van der Waals surface area contributed by atoms with Crippen LogP contribution < -0.4 is 5.73 Å². The molecule has 1 aliphatic rings. The molecule has 0 bridgehead atoms. The molecule has 3 nitrogen and oxygen atoms in total. The number of likely N-dealkylation sites (tertiary alicyclic amines) is 1. The van der Waals surface area contributed by atoms with Crippen LogP contribution in [-0.2, 0) is 4.79 Å². The lowest BCUT2D eigenvalue weighted by atomic mass is 10.1. The van der Waals surface area contributed by atoms with E-state index in [0.717, 1.165) is 18.4 Å². The van der Waals surface area contributed by atoms with Crippen LogP contribution in [0, 0.1) is 0 Å². The normalized spacial score (nSPS) is 17.1. The summed E-state index contributed by atoms with van der Waals surface area (Å²) in [5.74, 6) is -0.0112. The third-order valence-corrected chi connectivity index (χ3v) is 4.07. The minimum Gasteiger partial charge on any atom is -0.339 e. The molecule has 0 aliphatic carbocycles. The first-order chi connectivity index (χ1) is 9.08. The zero-order valence-corrected chi connectivity index (χ0v) is 12.0. The molecule has 1 heterocycles. The molecule has 1 amide bonds. The van der Waals surface area contributed by atoms with Gasteiger partial charge in [-0.1, -0.05) is 35.3 Å². The Labute approximate surface area is 123 Å². The van der Waals surface area contributed by atoms with Crippen molar-refractivity contribution >= 4 is 35.2 Å². The van der Waals surface area contributed by atoms with Gasteiger partial charge in [0.05, 0.1) is 10.0 Å². The fourth-order valence-electron chi connectivity index (χ4n) is 2.04. The maximum Gasteiger partial charge on any atom is 0.246 e. The second kappa shape index (κ2) is 6.42. The lowest BCUT2D eigenvalue weighted by Gasteiger charge is -2.29. The number of benzene rings is 1. The molecule has 5 heteroatoms. The molecule has 19 heavy (non-hydrogen) atoms. The van der Waals surface area contributed by atoms with Crippen LogP contribution in [0.1, 0.15) is 18.4 Å². The van der Waals surface area contributed by atoms with Crippen molar-refractivity contribution in [3.05, 3.63) is 39.9 Å². The van der Waals surface area contributed by atoms with E-state index in [0.29, 0.717) is 23.1 Å². The van der Waals surface area contributed by atoms with Gasteiger partial charge in [-0.05, 0) is 30.5 Å². The highest BCUT2D eigenvalue weighted by molar-refractivity contribution is 6.42. The topological polar surface area (TPSA) is 46.3 Å². The third-order valence-electron chi connectivity index (χ3n) is 3.24. The minimum atomic E-state index is -0.0112. The predicted molar refractivity (Wildman–Crippen MR) is 79.3 cm³/mol. The number of nitrogens with two attached hydrogens (primary N) is 1. The molecule has 1 aromatic carbocycles. The predicted octanol–water partition coefficient (Wildman–Crippen LogP) is 2.96. The van der Waals surface area contributed by atoms with Crippen molar-refractivity contribution in [3.63, 3.8) is 0 Å². The Morgan fingerprint density at radius 3 is 2.68 bits per heavy atom. The first-order valence-electron chi connectivity index (χ1n) is 6.24. The quantitative estimate of drug-likeness (QED) is 0.853. The van der Waals surface area contributed by atoms with Crippen LogP contribution in [-0.4, -0.2) is 29.9 Å². The molecule has 102 valence electrons. The zero-order chi connectivity index (χ0) is 13.8. The van der Waals surface area contributed by atoms with Gasteiger partial charge in [0, 0.05) is 25.2 Å². The number of amides is 1. The van der Waals surface area contributed by atoms with Crippen LogP contribution in [0.3, 0.4) is 0 Å². The van der Waals surface area contributed by atoms with Crippen molar-refractivity contribution in [1.29, 1.82) is 0 Å². The lowest BCUT2D eigenvalue weighted by Crippen LogP contribution is -2.42. The van der Waals surface area contributed by atoms with Gasteiger partial charge in [-0.15, -0.1) is 0 Å². The molecule has 0 aromatic heterocycles. The van der Waals surface area contributed by atoms with Gasteiger partial charge in [-0.25, -0.2) is 0 Å². The first kappa shape index (κ1) is 14.4. The summed E-state index contributed by atoms with van der Waals surface area (Å²) in [6.07, 6.45) is 4.95. The summed E-state index contributed by atoms with van der Waals surface area (Å²) in [5, 5.41) is 0.953. The van der Waals surface area contributed by atoms with Crippen LogP contribution in [0.4, 0.5) is 0 Å². The van der Waals surface area contributed by atoms with Crippen molar-refractivity contribution in [2.24, 2.45) is 5.73 Å². The van der Waals surface area contributed by atoms with Crippen molar-refractivity contribution < 1.29 is 4.79 Å². The summed E-state index contributed by atoms with van der Waals surface area (Å²) in [7, 11) is 0. The number of piperidine rings is 1. The second-order valence-electron chi connectivity index (χ2n) is 4.64. The van der Waals surface area contributed by atoms with E-state index >= 15 is 0 Å². The Bertz CT molecular complexity index is 494. The van der Waals surface area contributed by atoms with E-state index < -0.39 is 0 Å². The summed E-state index contributed by atoms with van der Waals surface area (Å²) in [5.41, 5.74) is 6.56. The van der Waals surface area contributed by atoms with Gasteiger partial charge in [-0.2, -0.15) is 0 Å². The largest absolute Gasteiger partial charge is 0.339 e. The maximum atomic E-state index is 12.0. The second-order valence-corrected chi connectivity index (χ2v) is 5.42. The number of hydrogen-bond acceptors (Lipinski definition) is 2. The number of carbonyl (C=O) groups is 1. The van der Waals surface area contributed by atoms with Crippen molar-refractivity contribution in [1.82, 2.24) is 4.90 Å². The van der Waals surface area contributed by atoms with Crippen LogP contribution in [0.2, 0.25) is 10.0 Å². The molecule has 0 radical (unpaired) electrons. The van der Waals surface area contributed by atoms with E-state index in [1.54, 1.807) is 23.1 Å². The van der Waals surface area contributed by atoms with Gasteiger partial charge in [0.15, 0.2) is 0 Å². The SMILES string of the molecule is NC1CCN(C(=O)C=Cc2cccc(Cl)c2Cl)CC1. The molecule has 0 unspecified atom stereocenters. The fraction of sp³-hybridized carbons (Fsp3) is 0.357. The Hall–Kier alpha value is -1.03. The van der Waals surface area contributed by atoms with Crippen molar-refractivity contribution in [2.75, 3.05) is 13.1 Å². The first-order valence-corrected chi connectivity index (χ1v) is 7.00. The molecule has 1 aromatic rings. The Morgan fingerprint density at radius 2 is 2.00 bits per heavy atom. The lowest BCUT2D eigenvalue weighted by molar-refractivity contribution is -0.126. The molecular weight excluding hydrogens is 283 g/mol. The van der Waals surface area contributed by atoms with Gasteiger partial charge in [-0.3, -0.25) is 4.79 Å². The van der Waals surface area contributed by atoms with Gasteiger partial charge >= 0.3 is 0 Å². The van der Waals surface area contributed by atoms with Crippen LogP contribution in [0.5, 0.6) is 0 Å². The monoisotopic (exact) mass is 298 g/mol. The van der Waals surface area contributed by atoms with E-state index in [9.17, 15) is 4.79 Å². The number of hydrogen-bond donors (Lipinski definition) is 1. The Kier molecular flexibility index (Phi) is 4.86. The standard InChI is InChI=1S/C14H16Cl2N2O/c15-12-3-1-2-10(14(12)16)4-5-13(19)18-8-6-11(17)7-9-18/h1-5,11H,6-9,17H2. The molecule has 1 saturated heterocycles. The smallest absolute Gasteiger partial charge is 0.246 e. The number of nitrogens with zero attached hydrogens (tertiary/aromatic N) is 1. The molecule has 1 aliphatic heterocycles. The van der Waals surface area contributed by atoms with E-state index in [-0.39, 0.29) is 11.9 Å². The summed E-state index contributed by atoms with van der Waals surface area (Å²) >= 11 is 12.0. The average molecular weight is 299 g/mol. The molecular formula is C14H16Cl2N2O. The Balaban J connectivity index is 2.02. The van der Waals surface area contributed by atoms with Gasteiger partial charge < -0.3 is 10.6 Å². The number of halogens is 2. The summed E-state index contributed by atoms with van der Waals surface area (Å²) in [6, 6.07) is 5.56. The molecule has 0 saturated carbocycles. The highest BCUT2D eigenvalue weighted by Gasteiger charge is 2.18. The van der Waals surface area contributed by atoms with E-state index in [2.05, 4.69) is 0 Å². The number of rotatable bonds is 2. The summed E-state index contributed by atoms with van der Waals surface area (Å²) < 4.78 is 0. The minimum absolute atomic E-state index is 0.0112. The van der Waals surface area contributed by atoms with Gasteiger partial charge in [0.1, 0.15) is 0 Å². The summed E-state index contributed by atoms with van der Waals surface area (Å²) in [4.78, 5) is 13.8. The maximum absolute atomic E-state index is 12.0. The highest BCUT2D eigenvalue weighted by atomic mass is 35.5. The van der Waals surface area contributed by atoms with Crippen LogP contribution in [0.15, 0.2) is 24.3 Å². The van der Waals surface area contributed by atoms with Crippen LogP contribution >= 0.6 is 23.2 Å². The average Bonchev–Trinajstić information content (AvgIpc) is 2.41. The van der Waals surface area contributed by atoms with Crippen molar-refractivity contribution in [3.8, 4) is 0 Å². The fourth-order valence-corrected chi connectivity index (χ4v) is 2.41. The van der Waals surface area contributed by atoms with Gasteiger partial charge in [0.25, 0.3) is 0 Å². The van der Waals surface area contributed by atoms with E-state index in [1.807, 2.05) is 6.07 Å². The molecule has 2 rings (SSSR count).